The molecule has 0 saturated heterocycles. The van der Waals surface area contributed by atoms with E-state index < -0.39 is 5.79 Å². The Morgan fingerprint density at radius 1 is 1.43 bits per heavy atom. The normalized spacial score (nSPS) is 12.0. The molecule has 0 aromatic heterocycles. The fraction of sp³-hybridized carbons (Fsp3) is 1.00. The summed E-state index contributed by atoms with van der Waals surface area (Å²) in [7, 11) is 0. The molecule has 0 fully saturated rings. The molecule has 0 heterocycles. The Morgan fingerprint density at radius 3 is 1.71 bits per heavy atom. The van der Waals surface area contributed by atoms with Crippen LogP contribution in [-0.2, 0) is 0 Å². The van der Waals surface area contributed by atoms with E-state index in [1.807, 2.05) is 0 Å². The standard InChI is InChI=1S/C5H12FN/c1-3-5(6,7)4-2/h3-4,7H2,1-2H3. The van der Waals surface area contributed by atoms with Crippen LogP contribution in [0.3, 0.4) is 0 Å². The lowest BCUT2D eigenvalue weighted by atomic mass is 10.1. The van der Waals surface area contributed by atoms with E-state index in [9.17, 15) is 4.39 Å². The molecule has 0 aromatic carbocycles. The summed E-state index contributed by atoms with van der Waals surface area (Å²) in [5.41, 5.74) is 5.05. The molecule has 0 radical (unpaired) electrons. The summed E-state index contributed by atoms with van der Waals surface area (Å²) in [5, 5.41) is 0. The molecular weight excluding hydrogens is 93.1 g/mol. The summed E-state index contributed by atoms with van der Waals surface area (Å²) in [6, 6.07) is 0. The molecule has 0 aliphatic heterocycles. The maximum Gasteiger partial charge on any atom is 0.158 e. The first kappa shape index (κ1) is 6.89. The van der Waals surface area contributed by atoms with E-state index >= 15 is 0 Å². The van der Waals surface area contributed by atoms with E-state index in [1.54, 1.807) is 13.8 Å². The molecule has 2 N–H and O–H groups in total. The number of rotatable bonds is 2. The highest BCUT2D eigenvalue weighted by atomic mass is 19.1. The van der Waals surface area contributed by atoms with Gasteiger partial charge in [0.1, 0.15) is 0 Å². The van der Waals surface area contributed by atoms with Crippen LogP contribution in [-0.4, -0.2) is 5.79 Å². The fourth-order valence-electron chi connectivity index (χ4n) is 0.250. The lowest BCUT2D eigenvalue weighted by Crippen LogP contribution is -2.31. The molecule has 0 bridgehead atoms. The summed E-state index contributed by atoms with van der Waals surface area (Å²) in [6.45, 7) is 3.48. The molecule has 44 valence electrons. The molecule has 0 unspecified atom stereocenters. The zero-order chi connectivity index (χ0) is 5.91. The Balaban J connectivity index is 3.36. The van der Waals surface area contributed by atoms with Crippen LogP contribution in [0.4, 0.5) is 4.39 Å². The third-order valence-electron chi connectivity index (χ3n) is 1.18. The fourth-order valence-corrected chi connectivity index (χ4v) is 0.250. The van der Waals surface area contributed by atoms with Gasteiger partial charge in [0, 0.05) is 0 Å². The molecular formula is C5H12FN. The third-order valence-corrected chi connectivity index (χ3v) is 1.18. The second-order valence-corrected chi connectivity index (χ2v) is 1.74. The highest BCUT2D eigenvalue weighted by Crippen LogP contribution is 2.10. The second kappa shape index (κ2) is 2.26. The topological polar surface area (TPSA) is 26.0 Å². The summed E-state index contributed by atoms with van der Waals surface area (Å²) >= 11 is 0. The molecule has 0 aliphatic rings. The van der Waals surface area contributed by atoms with Gasteiger partial charge < -0.3 is 0 Å². The van der Waals surface area contributed by atoms with Crippen LogP contribution in [0.25, 0.3) is 0 Å². The molecule has 0 amide bonds. The van der Waals surface area contributed by atoms with Crippen LogP contribution in [0.1, 0.15) is 26.7 Å². The number of hydrogen-bond acceptors (Lipinski definition) is 1. The van der Waals surface area contributed by atoms with Crippen LogP contribution < -0.4 is 5.73 Å². The van der Waals surface area contributed by atoms with Crippen LogP contribution in [0.2, 0.25) is 0 Å². The number of halogens is 1. The minimum atomic E-state index is -1.42. The van der Waals surface area contributed by atoms with Gasteiger partial charge in [0.05, 0.1) is 0 Å². The van der Waals surface area contributed by atoms with Crippen LogP contribution in [0.15, 0.2) is 0 Å². The van der Waals surface area contributed by atoms with Crippen LogP contribution in [0.5, 0.6) is 0 Å². The first-order chi connectivity index (χ1) is 3.12. The quantitative estimate of drug-likeness (QED) is 0.528. The van der Waals surface area contributed by atoms with E-state index in [0.29, 0.717) is 12.8 Å². The van der Waals surface area contributed by atoms with Crippen LogP contribution in [0, 0.1) is 0 Å². The maximum atomic E-state index is 12.3. The molecule has 0 spiro atoms. The van der Waals surface area contributed by atoms with Gasteiger partial charge in [-0.15, -0.1) is 0 Å². The van der Waals surface area contributed by atoms with Crippen molar-refractivity contribution in [1.82, 2.24) is 0 Å². The van der Waals surface area contributed by atoms with Gasteiger partial charge in [-0.1, -0.05) is 13.8 Å². The number of hydrogen-bond donors (Lipinski definition) is 1. The molecule has 0 aliphatic carbocycles. The average molecular weight is 105 g/mol. The van der Waals surface area contributed by atoms with Crippen molar-refractivity contribution in [3.8, 4) is 0 Å². The van der Waals surface area contributed by atoms with Crippen molar-refractivity contribution in [1.29, 1.82) is 0 Å². The van der Waals surface area contributed by atoms with E-state index in [2.05, 4.69) is 0 Å². The predicted octanol–water partition coefficient (Wildman–Crippen LogP) is 1.43. The molecule has 0 aromatic rings. The first-order valence-electron chi connectivity index (χ1n) is 2.60. The van der Waals surface area contributed by atoms with E-state index in [-0.39, 0.29) is 0 Å². The van der Waals surface area contributed by atoms with Gasteiger partial charge in [-0.25, -0.2) is 4.39 Å². The lowest BCUT2D eigenvalue weighted by Gasteiger charge is -2.13. The van der Waals surface area contributed by atoms with Crippen molar-refractivity contribution >= 4 is 0 Å². The SMILES string of the molecule is CCC(N)(F)CC. The minimum Gasteiger partial charge on any atom is -0.299 e. The van der Waals surface area contributed by atoms with E-state index in [4.69, 9.17) is 5.73 Å². The van der Waals surface area contributed by atoms with Gasteiger partial charge >= 0.3 is 0 Å². The third kappa shape index (κ3) is 2.57. The zero-order valence-electron chi connectivity index (χ0n) is 4.87. The first-order valence-corrected chi connectivity index (χ1v) is 2.60. The predicted molar refractivity (Wildman–Crippen MR) is 28.6 cm³/mol. The highest BCUT2D eigenvalue weighted by molar-refractivity contribution is 4.64. The van der Waals surface area contributed by atoms with Crippen LogP contribution >= 0.6 is 0 Å². The minimum absolute atomic E-state index is 0.406. The Kier molecular flexibility index (Phi) is 2.23. The summed E-state index contributed by atoms with van der Waals surface area (Å²) in [4.78, 5) is 0. The Labute approximate surface area is 43.7 Å². The van der Waals surface area contributed by atoms with Crippen molar-refractivity contribution in [3.05, 3.63) is 0 Å². The monoisotopic (exact) mass is 105 g/mol. The van der Waals surface area contributed by atoms with Crippen molar-refractivity contribution in [2.45, 2.75) is 32.5 Å². The summed E-state index contributed by atoms with van der Waals surface area (Å²) in [6.07, 6.45) is 0.812. The largest absolute Gasteiger partial charge is 0.299 e. The number of alkyl halides is 1. The van der Waals surface area contributed by atoms with Gasteiger partial charge in [0.25, 0.3) is 0 Å². The van der Waals surface area contributed by atoms with Gasteiger partial charge in [0.15, 0.2) is 5.79 Å². The molecule has 7 heavy (non-hydrogen) atoms. The average Bonchev–Trinajstić information content (AvgIpc) is 1.68. The Hall–Kier alpha value is -0.110. The van der Waals surface area contributed by atoms with E-state index in [0.717, 1.165) is 0 Å². The molecule has 0 atom stereocenters. The van der Waals surface area contributed by atoms with Gasteiger partial charge in [-0.05, 0) is 12.8 Å². The smallest absolute Gasteiger partial charge is 0.158 e. The molecule has 2 heteroatoms. The van der Waals surface area contributed by atoms with E-state index in [1.165, 1.54) is 0 Å². The number of nitrogens with two attached hydrogens (primary N) is 1. The van der Waals surface area contributed by atoms with Crippen molar-refractivity contribution in [2.75, 3.05) is 0 Å². The van der Waals surface area contributed by atoms with Crippen molar-refractivity contribution in [2.24, 2.45) is 5.73 Å². The summed E-state index contributed by atoms with van der Waals surface area (Å²) in [5.74, 6) is -1.42. The zero-order valence-corrected chi connectivity index (χ0v) is 4.87. The lowest BCUT2D eigenvalue weighted by molar-refractivity contribution is 0.160. The van der Waals surface area contributed by atoms with Gasteiger partial charge in [-0.2, -0.15) is 0 Å². The Morgan fingerprint density at radius 2 is 1.71 bits per heavy atom. The second-order valence-electron chi connectivity index (χ2n) is 1.74. The molecule has 1 nitrogen and oxygen atoms in total. The highest BCUT2D eigenvalue weighted by Gasteiger charge is 2.16. The maximum absolute atomic E-state index is 12.3. The van der Waals surface area contributed by atoms with Gasteiger partial charge in [0.2, 0.25) is 0 Å². The summed E-state index contributed by atoms with van der Waals surface area (Å²) < 4.78 is 12.3. The Bertz CT molecular complexity index is 46.0. The van der Waals surface area contributed by atoms with Crippen molar-refractivity contribution < 1.29 is 4.39 Å². The molecule has 0 saturated carbocycles. The molecule has 0 rings (SSSR count). The van der Waals surface area contributed by atoms with Crippen molar-refractivity contribution in [3.63, 3.8) is 0 Å². The van der Waals surface area contributed by atoms with Gasteiger partial charge in [-0.3, -0.25) is 5.73 Å².